The van der Waals surface area contributed by atoms with E-state index in [1.807, 2.05) is 11.9 Å². The molecule has 1 aliphatic rings. The molecule has 3 rings (SSSR count). The van der Waals surface area contributed by atoms with Gasteiger partial charge < -0.3 is 4.90 Å². The molecule has 0 amide bonds. The van der Waals surface area contributed by atoms with Crippen molar-refractivity contribution >= 4 is 17.1 Å². The highest BCUT2D eigenvalue weighted by molar-refractivity contribution is 5.63. The minimum Gasteiger partial charge on any atom is -0.345 e. The summed E-state index contributed by atoms with van der Waals surface area (Å²) in [7, 11) is 1.98. The number of benzene rings is 2. The fourth-order valence-corrected chi connectivity index (χ4v) is 3.35. The molecule has 0 bridgehead atoms. The van der Waals surface area contributed by atoms with Gasteiger partial charge in [-0.3, -0.25) is 10.1 Å². The van der Waals surface area contributed by atoms with Gasteiger partial charge in [-0.05, 0) is 48.6 Å². The highest BCUT2D eigenvalue weighted by Gasteiger charge is 2.15. The Morgan fingerprint density at radius 1 is 0.913 bits per heavy atom. The Morgan fingerprint density at radius 3 is 1.96 bits per heavy atom. The van der Waals surface area contributed by atoms with Gasteiger partial charge in [0.25, 0.3) is 5.69 Å². The van der Waals surface area contributed by atoms with Gasteiger partial charge in [0.1, 0.15) is 0 Å². The number of hydrogen-bond donors (Lipinski definition) is 0. The maximum atomic E-state index is 10.7. The summed E-state index contributed by atoms with van der Waals surface area (Å²) in [6.45, 7) is 0. The van der Waals surface area contributed by atoms with Gasteiger partial charge in [0.15, 0.2) is 0 Å². The van der Waals surface area contributed by atoms with E-state index >= 15 is 0 Å². The monoisotopic (exact) mass is 310 g/mol. The Balaban J connectivity index is 1.74. The highest BCUT2D eigenvalue weighted by Crippen LogP contribution is 2.34. The molecule has 0 saturated heterocycles. The largest absolute Gasteiger partial charge is 0.345 e. The fourth-order valence-electron chi connectivity index (χ4n) is 3.35. The van der Waals surface area contributed by atoms with Crippen LogP contribution >= 0.6 is 0 Å². The van der Waals surface area contributed by atoms with Crippen molar-refractivity contribution in [2.45, 2.75) is 38.0 Å². The van der Waals surface area contributed by atoms with Crippen LogP contribution in [0.1, 0.15) is 43.6 Å². The van der Waals surface area contributed by atoms with Crippen LogP contribution in [0, 0.1) is 10.1 Å². The number of hydrogen-bond acceptors (Lipinski definition) is 3. The topological polar surface area (TPSA) is 46.4 Å². The van der Waals surface area contributed by atoms with E-state index in [4.69, 9.17) is 0 Å². The van der Waals surface area contributed by atoms with E-state index in [9.17, 15) is 10.1 Å². The van der Waals surface area contributed by atoms with E-state index < -0.39 is 0 Å². The molecule has 0 unspecified atom stereocenters. The Kier molecular flexibility index (Phi) is 4.60. The van der Waals surface area contributed by atoms with Crippen LogP contribution in [0.2, 0.25) is 0 Å². The summed E-state index contributed by atoms with van der Waals surface area (Å²) < 4.78 is 0. The van der Waals surface area contributed by atoms with Gasteiger partial charge in [0, 0.05) is 30.6 Å². The average molecular weight is 310 g/mol. The molecule has 0 radical (unpaired) electrons. The number of nitro benzene ring substituents is 1. The van der Waals surface area contributed by atoms with E-state index in [-0.39, 0.29) is 10.6 Å². The molecule has 0 heterocycles. The lowest BCUT2D eigenvalue weighted by molar-refractivity contribution is -0.384. The van der Waals surface area contributed by atoms with E-state index in [0.717, 1.165) is 11.4 Å². The van der Waals surface area contributed by atoms with Crippen LogP contribution in [0.5, 0.6) is 0 Å². The molecule has 1 fully saturated rings. The Labute approximate surface area is 136 Å². The van der Waals surface area contributed by atoms with Gasteiger partial charge in [-0.2, -0.15) is 0 Å². The molecule has 0 spiro atoms. The van der Waals surface area contributed by atoms with Crippen LogP contribution in [-0.2, 0) is 0 Å². The molecule has 1 aliphatic carbocycles. The highest BCUT2D eigenvalue weighted by atomic mass is 16.6. The lowest BCUT2D eigenvalue weighted by Gasteiger charge is -2.24. The molecule has 120 valence electrons. The minimum absolute atomic E-state index is 0.120. The third-order valence-corrected chi connectivity index (χ3v) is 4.80. The second kappa shape index (κ2) is 6.82. The van der Waals surface area contributed by atoms with Gasteiger partial charge in [-0.1, -0.05) is 31.4 Å². The molecular weight excluding hydrogens is 288 g/mol. The molecule has 4 nitrogen and oxygen atoms in total. The maximum Gasteiger partial charge on any atom is 0.269 e. The van der Waals surface area contributed by atoms with Crippen LogP contribution < -0.4 is 4.90 Å². The fraction of sp³-hybridized carbons (Fsp3) is 0.368. The zero-order chi connectivity index (χ0) is 16.2. The summed E-state index contributed by atoms with van der Waals surface area (Å²) in [5.41, 5.74) is 3.60. The SMILES string of the molecule is CN(c1ccc(C2CCCCC2)cc1)c1ccc([N+](=O)[O-])cc1. The molecule has 0 aromatic heterocycles. The summed E-state index contributed by atoms with van der Waals surface area (Å²) in [5.74, 6) is 0.711. The summed E-state index contributed by atoms with van der Waals surface area (Å²) in [4.78, 5) is 12.4. The van der Waals surface area contributed by atoms with Crippen molar-refractivity contribution in [2.75, 3.05) is 11.9 Å². The van der Waals surface area contributed by atoms with Gasteiger partial charge in [0.2, 0.25) is 0 Å². The third kappa shape index (κ3) is 3.52. The Bertz CT molecular complexity index is 659. The normalized spacial score (nSPS) is 15.3. The van der Waals surface area contributed by atoms with Crippen LogP contribution in [0.15, 0.2) is 48.5 Å². The summed E-state index contributed by atoms with van der Waals surface area (Å²) in [5, 5.41) is 10.7. The molecule has 0 atom stereocenters. The van der Waals surface area contributed by atoms with Crippen molar-refractivity contribution in [1.29, 1.82) is 0 Å². The van der Waals surface area contributed by atoms with E-state index in [1.54, 1.807) is 24.3 Å². The molecule has 2 aromatic rings. The molecule has 2 aromatic carbocycles. The van der Waals surface area contributed by atoms with Crippen LogP contribution in [0.3, 0.4) is 0 Å². The lowest BCUT2D eigenvalue weighted by atomic mass is 9.84. The molecule has 1 saturated carbocycles. The Morgan fingerprint density at radius 2 is 1.43 bits per heavy atom. The zero-order valence-electron chi connectivity index (χ0n) is 13.4. The molecule has 0 N–H and O–H groups in total. The van der Waals surface area contributed by atoms with Gasteiger partial charge in [-0.25, -0.2) is 0 Å². The van der Waals surface area contributed by atoms with Crippen LogP contribution in [0.4, 0.5) is 17.1 Å². The molecule has 4 heteroatoms. The first-order valence-electron chi connectivity index (χ1n) is 8.23. The summed E-state index contributed by atoms with van der Waals surface area (Å²) >= 11 is 0. The van der Waals surface area contributed by atoms with Crippen LogP contribution in [-0.4, -0.2) is 12.0 Å². The first-order chi connectivity index (χ1) is 11.1. The number of anilines is 2. The number of nitro groups is 1. The van der Waals surface area contributed by atoms with Crippen molar-refractivity contribution in [1.82, 2.24) is 0 Å². The molecule has 23 heavy (non-hydrogen) atoms. The quantitative estimate of drug-likeness (QED) is 0.560. The molecule has 0 aliphatic heterocycles. The first kappa shape index (κ1) is 15.5. The maximum absolute atomic E-state index is 10.7. The lowest BCUT2D eigenvalue weighted by Crippen LogP contribution is -2.10. The smallest absolute Gasteiger partial charge is 0.269 e. The second-order valence-electron chi connectivity index (χ2n) is 6.26. The van der Waals surface area contributed by atoms with E-state index in [1.165, 1.54) is 37.7 Å². The van der Waals surface area contributed by atoms with Crippen molar-refractivity contribution in [2.24, 2.45) is 0 Å². The number of nitrogens with zero attached hydrogens (tertiary/aromatic N) is 2. The van der Waals surface area contributed by atoms with Crippen molar-refractivity contribution in [3.63, 3.8) is 0 Å². The van der Waals surface area contributed by atoms with Gasteiger partial charge in [0.05, 0.1) is 4.92 Å². The van der Waals surface area contributed by atoms with E-state index in [0.29, 0.717) is 5.92 Å². The third-order valence-electron chi connectivity index (χ3n) is 4.80. The summed E-state index contributed by atoms with van der Waals surface area (Å²) in [6, 6.07) is 15.4. The standard InChI is InChI=1S/C19H22N2O2/c1-20(18-11-13-19(14-12-18)21(22)23)17-9-7-16(8-10-17)15-5-3-2-4-6-15/h7-15H,2-6H2,1H3. The van der Waals surface area contributed by atoms with Gasteiger partial charge >= 0.3 is 0 Å². The average Bonchev–Trinajstić information content (AvgIpc) is 2.62. The van der Waals surface area contributed by atoms with Crippen LogP contribution in [0.25, 0.3) is 0 Å². The second-order valence-corrected chi connectivity index (χ2v) is 6.26. The van der Waals surface area contributed by atoms with Crippen molar-refractivity contribution < 1.29 is 4.92 Å². The number of rotatable bonds is 4. The van der Waals surface area contributed by atoms with Gasteiger partial charge in [-0.15, -0.1) is 0 Å². The number of non-ortho nitro benzene ring substituents is 1. The van der Waals surface area contributed by atoms with E-state index in [2.05, 4.69) is 24.3 Å². The molecular formula is C19H22N2O2. The zero-order valence-corrected chi connectivity index (χ0v) is 13.4. The van der Waals surface area contributed by atoms with Crippen molar-refractivity contribution in [3.05, 3.63) is 64.2 Å². The summed E-state index contributed by atoms with van der Waals surface area (Å²) in [6.07, 6.45) is 6.66. The predicted molar refractivity (Wildman–Crippen MR) is 93.4 cm³/mol. The minimum atomic E-state index is -0.372. The Hall–Kier alpha value is -2.36. The van der Waals surface area contributed by atoms with Crippen molar-refractivity contribution in [3.8, 4) is 0 Å². The predicted octanol–water partition coefficient (Wildman–Crippen LogP) is 5.41. The first-order valence-corrected chi connectivity index (χ1v) is 8.23.